The maximum Gasteiger partial charge on any atom is 0.410 e. The third kappa shape index (κ3) is 2.93. The third-order valence-electron chi connectivity index (χ3n) is 6.28. The van der Waals surface area contributed by atoms with Gasteiger partial charge in [0.25, 0.3) is 0 Å². The molecular weight excluding hydrogens is 461 g/mol. The number of hydrogen-bond donors (Lipinski definition) is 0. The smallest absolute Gasteiger partial charge is 0.410 e. The zero-order valence-corrected chi connectivity index (χ0v) is 17.5. The first-order valence-corrected chi connectivity index (χ1v) is 10.9. The summed E-state index contributed by atoms with van der Waals surface area (Å²) in [4.78, 5) is 14.4. The van der Waals surface area contributed by atoms with Gasteiger partial charge in [-0.2, -0.15) is 0 Å². The molecule has 0 radical (unpaired) electrons. The first kappa shape index (κ1) is 18.0. The Hall–Kier alpha value is -1.06. The van der Waals surface area contributed by atoms with E-state index in [1.54, 1.807) is 7.11 Å². The minimum absolute atomic E-state index is 0.00910. The molecule has 0 N–H and O–H groups in total. The van der Waals surface area contributed by atoms with Crippen LogP contribution in [0.2, 0.25) is 0 Å². The van der Waals surface area contributed by atoms with Crippen molar-refractivity contribution in [3.8, 4) is 5.75 Å². The number of benzene rings is 1. The monoisotopic (exact) mass is 485 g/mol. The summed E-state index contributed by atoms with van der Waals surface area (Å²) in [5.41, 5.74) is 1.06. The second kappa shape index (κ2) is 6.77. The molecule has 146 valence electrons. The molecule has 0 aromatic heterocycles. The summed E-state index contributed by atoms with van der Waals surface area (Å²) in [6, 6.07) is 7.79. The summed E-state index contributed by atoms with van der Waals surface area (Å²) in [5.74, 6) is 0.361. The molecule has 5 atom stereocenters. The third-order valence-corrected chi connectivity index (χ3v) is 7.73. The van der Waals surface area contributed by atoms with Gasteiger partial charge >= 0.3 is 6.09 Å². The largest absolute Gasteiger partial charge is 0.497 e. The number of carbonyl (C=O) groups is 1. The van der Waals surface area contributed by atoms with Gasteiger partial charge in [-0.3, -0.25) is 4.90 Å². The standard InChI is InChI=1S/C20H24INO5/c1-24-13-7-5-12(6-8-13)11-22-15-14(21)16-18(17(15)25-19(22)23)27-20(26-16)9-3-2-4-10-20/h5-8,14-18H,2-4,9-11H2,1H3/t14-,15+,16-,17+,18-/m1/s1. The van der Waals surface area contributed by atoms with Crippen molar-refractivity contribution in [3.05, 3.63) is 29.8 Å². The normalized spacial score (nSPS) is 36.6. The number of amides is 1. The Morgan fingerprint density at radius 2 is 1.81 bits per heavy atom. The van der Waals surface area contributed by atoms with Crippen LogP contribution < -0.4 is 4.74 Å². The van der Waals surface area contributed by atoms with Gasteiger partial charge in [0, 0.05) is 19.4 Å². The van der Waals surface area contributed by atoms with Crippen LogP contribution in [-0.4, -0.2) is 52.2 Å². The number of ether oxygens (including phenoxy) is 4. The highest BCUT2D eigenvalue weighted by molar-refractivity contribution is 14.1. The first-order valence-electron chi connectivity index (χ1n) is 9.70. The lowest BCUT2D eigenvalue weighted by Gasteiger charge is -2.34. The van der Waals surface area contributed by atoms with Crippen molar-refractivity contribution in [3.63, 3.8) is 0 Å². The van der Waals surface area contributed by atoms with Gasteiger partial charge in [-0.05, 0) is 30.5 Å². The van der Waals surface area contributed by atoms with Crippen LogP contribution in [0.15, 0.2) is 24.3 Å². The van der Waals surface area contributed by atoms with Gasteiger partial charge in [-0.1, -0.05) is 41.1 Å². The van der Waals surface area contributed by atoms with Gasteiger partial charge in [-0.25, -0.2) is 4.79 Å². The van der Waals surface area contributed by atoms with Gasteiger partial charge < -0.3 is 18.9 Å². The van der Waals surface area contributed by atoms with Gasteiger partial charge in [-0.15, -0.1) is 0 Å². The molecule has 4 fully saturated rings. The second-order valence-electron chi connectivity index (χ2n) is 7.90. The van der Waals surface area contributed by atoms with E-state index in [-0.39, 0.29) is 34.4 Å². The molecule has 2 aliphatic carbocycles. The fourth-order valence-electron chi connectivity index (χ4n) is 4.94. The van der Waals surface area contributed by atoms with E-state index >= 15 is 0 Å². The Balaban J connectivity index is 1.34. The molecule has 2 heterocycles. The fraction of sp³-hybridized carbons (Fsp3) is 0.650. The molecule has 6 nitrogen and oxygen atoms in total. The quantitative estimate of drug-likeness (QED) is 0.484. The lowest BCUT2D eigenvalue weighted by molar-refractivity contribution is -0.204. The van der Waals surface area contributed by atoms with Crippen LogP contribution in [0.4, 0.5) is 4.79 Å². The van der Waals surface area contributed by atoms with Crippen LogP contribution >= 0.6 is 22.6 Å². The molecule has 7 heteroatoms. The van der Waals surface area contributed by atoms with Crippen LogP contribution in [0, 0.1) is 0 Å². The van der Waals surface area contributed by atoms with Crippen molar-refractivity contribution in [2.75, 3.05) is 7.11 Å². The van der Waals surface area contributed by atoms with E-state index in [2.05, 4.69) is 22.6 Å². The van der Waals surface area contributed by atoms with Gasteiger partial charge in [0.15, 0.2) is 11.9 Å². The van der Waals surface area contributed by atoms with E-state index in [1.807, 2.05) is 29.2 Å². The summed E-state index contributed by atoms with van der Waals surface area (Å²) in [6.45, 7) is 0.522. The maximum absolute atomic E-state index is 12.6. The average Bonchev–Trinajstić information content (AvgIpc) is 3.28. The predicted octanol–water partition coefficient (Wildman–Crippen LogP) is 3.65. The fourth-order valence-corrected chi connectivity index (χ4v) is 6.30. The van der Waals surface area contributed by atoms with E-state index in [0.29, 0.717) is 6.54 Å². The Morgan fingerprint density at radius 3 is 2.52 bits per heavy atom. The van der Waals surface area contributed by atoms with Crippen LogP contribution in [-0.2, 0) is 20.8 Å². The molecule has 5 rings (SSSR count). The first-order chi connectivity index (χ1) is 13.1. The van der Waals surface area contributed by atoms with E-state index < -0.39 is 5.79 Å². The van der Waals surface area contributed by atoms with Crippen molar-refractivity contribution in [2.45, 2.75) is 72.7 Å². The molecule has 1 aromatic carbocycles. The van der Waals surface area contributed by atoms with Crippen LogP contribution in [0.25, 0.3) is 0 Å². The highest BCUT2D eigenvalue weighted by Crippen LogP contribution is 2.51. The molecule has 0 unspecified atom stereocenters. The summed E-state index contributed by atoms with van der Waals surface area (Å²) in [5, 5.41) is 0. The van der Waals surface area contributed by atoms with Crippen molar-refractivity contribution < 1.29 is 23.7 Å². The average molecular weight is 485 g/mol. The number of carbonyl (C=O) groups excluding carboxylic acids is 1. The zero-order valence-electron chi connectivity index (χ0n) is 15.3. The molecular formula is C20H24INO5. The van der Waals surface area contributed by atoms with Gasteiger partial charge in [0.1, 0.15) is 18.0 Å². The van der Waals surface area contributed by atoms with E-state index in [9.17, 15) is 4.79 Å². The molecule has 2 saturated heterocycles. The van der Waals surface area contributed by atoms with Crippen molar-refractivity contribution in [2.24, 2.45) is 0 Å². The van der Waals surface area contributed by atoms with E-state index in [1.165, 1.54) is 6.42 Å². The minimum Gasteiger partial charge on any atom is -0.497 e. The number of fused-ring (bicyclic) bond motifs is 3. The Bertz CT molecular complexity index is 720. The Kier molecular flexibility index (Phi) is 4.52. The highest BCUT2D eigenvalue weighted by atomic mass is 127. The number of methoxy groups -OCH3 is 1. The molecule has 1 amide bonds. The number of hydrogen-bond acceptors (Lipinski definition) is 5. The SMILES string of the molecule is COc1ccc(CN2C(=O)O[C@@H]3[C@@H]4OC5(CCCCC5)O[C@@H]4[C@H](I)[C@@H]32)cc1. The van der Waals surface area contributed by atoms with E-state index in [0.717, 1.165) is 37.0 Å². The molecule has 2 aliphatic heterocycles. The molecule has 27 heavy (non-hydrogen) atoms. The van der Waals surface area contributed by atoms with Crippen molar-refractivity contribution in [1.29, 1.82) is 0 Å². The second-order valence-corrected chi connectivity index (χ2v) is 9.33. The maximum atomic E-state index is 12.6. The molecule has 0 bridgehead atoms. The van der Waals surface area contributed by atoms with Crippen LogP contribution in [0.5, 0.6) is 5.75 Å². The number of nitrogens with zero attached hydrogens (tertiary/aromatic N) is 1. The predicted molar refractivity (Wildman–Crippen MR) is 106 cm³/mol. The number of rotatable bonds is 3. The number of alkyl halides is 1. The van der Waals surface area contributed by atoms with Gasteiger partial charge in [0.05, 0.1) is 17.1 Å². The Labute approximate surface area is 172 Å². The summed E-state index contributed by atoms with van der Waals surface area (Å²) < 4.78 is 24.0. The summed E-state index contributed by atoms with van der Waals surface area (Å²) in [7, 11) is 1.65. The van der Waals surface area contributed by atoms with Crippen molar-refractivity contribution in [1.82, 2.24) is 4.90 Å². The number of halogens is 1. The summed E-state index contributed by atoms with van der Waals surface area (Å²) >= 11 is 2.43. The van der Waals surface area contributed by atoms with Gasteiger partial charge in [0.2, 0.25) is 0 Å². The minimum atomic E-state index is -0.447. The zero-order chi connectivity index (χ0) is 18.6. The lowest BCUT2D eigenvalue weighted by Crippen LogP contribution is -2.44. The lowest BCUT2D eigenvalue weighted by atomic mass is 9.94. The van der Waals surface area contributed by atoms with Crippen LogP contribution in [0.3, 0.4) is 0 Å². The van der Waals surface area contributed by atoms with Crippen molar-refractivity contribution >= 4 is 28.7 Å². The Morgan fingerprint density at radius 1 is 1.11 bits per heavy atom. The summed E-state index contributed by atoms with van der Waals surface area (Å²) in [6.07, 6.45) is 4.76. The molecule has 4 aliphatic rings. The molecule has 1 spiro atoms. The highest BCUT2D eigenvalue weighted by Gasteiger charge is 2.66. The molecule has 1 aromatic rings. The molecule has 2 saturated carbocycles. The topological polar surface area (TPSA) is 57.2 Å². The van der Waals surface area contributed by atoms with Crippen LogP contribution in [0.1, 0.15) is 37.7 Å². The van der Waals surface area contributed by atoms with E-state index in [4.69, 9.17) is 18.9 Å².